The maximum atomic E-state index is 6.06. The van der Waals surface area contributed by atoms with Crippen LogP contribution in [0.15, 0.2) is 30.6 Å². The van der Waals surface area contributed by atoms with Gasteiger partial charge in [0.1, 0.15) is 5.82 Å². The van der Waals surface area contributed by atoms with Crippen molar-refractivity contribution >= 4 is 17.3 Å². The van der Waals surface area contributed by atoms with Crippen LogP contribution in [0.25, 0.3) is 0 Å². The molecule has 4 nitrogen and oxygen atoms in total. The number of halogens is 1. The van der Waals surface area contributed by atoms with Gasteiger partial charge in [0.25, 0.3) is 0 Å². The van der Waals surface area contributed by atoms with Crippen LogP contribution in [-0.4, -0.2) is 23.6 Å². The van der Waals surface area contributed by atoms with Crippen molar-refractivity contribution in [1.82, 2.24) is 14.9 Å². The van der Waals surface area contributed by atoms with E-state index in [2.05, 4.69) is 28.3 Å². The predicted octanol–water partition coefficient (Wildman–Crippen LogP) is 2.43. The van der Waals surface area contributed by atoms with E-state index in [1.807, 2.05) is 43.2 Å². The topological polar surface area (TPSA) is 33.1 Å². The first-order valence-electron chi connectivity index (χ1n) is 6.22. The number of aryl methyl sites for hydroxylation is 1. The summed E-state index contributed by atoms with van der Waals surface area (Å²) < 4.78 is 2.03. The van der Waals surface area contributed by atoms with Crippen LogP contribution >= 0.6 is 11.6 Å². The normalized spacial score (nSPS) is 10.7. The molecular weight excluding hydrogens is 260 g/mol. The summed E-state index contributed by atoms with van der Waals surface area (Å²) in [5, 5.41) is 3.93. The summed E-state index contributed by atoms with van der Waals surface area (Å²) in [6, 6.07) is 5.98. The molecule has 1 N–H and O–H groups in total. The number of benzene rings is 1. The minimum absolute atomic E-state index is 0.763. The number of anilines is 1. The van der Waals surface area contributed by atoms with Gasteiger partial charge in [0.05, 0.1) is 6.54 Å². The Morgan fingerprint density at radius 3 is 2.84 bits per heavy atom. The van der Waals surface area contributed by atoms with E-state index < -0.39 is 0 Å². The Balaban J connectivity index is 2.23. The van der Waals surface area contributed by atoms with Gasteiger partial charge in [-0.15, -0.1) is 0 Å². The lowest BCUT2D eigenvalue weighted by Crippen LogP contribution is -2.21. The van der Waals surface area contributed by atoms with Crippen molar-refractivity contribution in [2.75, 3.05) is 19.0 Å². The van der Waals surface area contributed by atoms with Crippen LogP contribution in [0.1, 0.15) is 11.4 Å². The minimum Gasteiger partial charge on any atom is -0.367 e. The van der Waals surface area contributed by atoms with Crippen molar-refractivity contribution in [2.24, 2.45) is 7.05 Å². The van der Waals surface area contributed by atoms with Gasteiger partial charge in [0, 0.05) is 43.7 Å². The van der Waals surface area contributed by atoms with Crippen molar-refractivity contribution < 1.29 is 0 Å². The summed E-state index contributed by atoms with van der Waals surface area (Å²) in [4.78, 5) is 6.54. The van der Waals surface area contributed by atoms with Crippen LogP contribution in [0.5, 0.6) is 0 Å². The van der Waals surface area contributed by atoms with Crippen molar-refractivity contribution in [1.29, 1.82) is 0 Å². The van der Waals surface area contributed by atoms with Gasteiger partial charge >= 0.3 is 0 Å². The largest absolute Gasteiger partial charge is 0.367 e. The van der Waals surface area contributed by atoms with E-state index in [9.17, 15) is 0 Å². The molecule has 0 aliphatic carbocycles. The van der Waals surface area contributed by atoms with Crippen molar-refractivity contribution in [2.45, 2.75) is 13.1 Å². The summed E-state index contributed by atoms with van der Waals surface area (Å²) in [6.07, 6.45) is 3.78. The molecule has 0 aliphatic rings. The number of hydrogen-bond donors (Lipinski definition) is 1. The fourth-order valence-electron chi connectivity index (χ4n) is 2.10. The van der Waals surface area contributed by atoms with Crippen LogP contribution in [0.4, 0.5) is 5.69 Å². The monoisotopic (exact) mass is 278 g/mol. The Bertz CT molecular complexity index is 550. The molecule has 0 saturated carbocycles. The van der Waals surface area contributed by atoms with Crippen molar-refractivity contribution in [3.05, 3.63) is 47.0 Å². The molecule has 2 aromatic rings. The first-order valence-corrected chi connectivity index (χ1v) is 6.60. The highest BCUT2D eigenvalue weighted by atomic mass is 35.5. The fraction of sp³-hybridized carbons (Fsp3) is 0.357. The molecule has 0 atom stereocenters. The molecular formula is C14H19ClN4. The molecule has 0 radical (unpaired) electrons. The van der Waals surface area contributed by atoms with E-state index in [4.69, 9.17) is 11.6 Å². The Labute approximate surface area is 119 Å². The summed E-state index contributed by atoms with van der Waals surface area (Å²) in [6.45, 7) is 1.56. The van der Waals surface area contributed by atoms with Gasteiger partial charge < -0.3 is 14.8 Å². The maximum Gasteiger partial charge on any atom is 0.127 e. The van der Waals surface area contributed by atoms with E-state index in [1.54, 1.807) is 0 Å². The number of rotatable bonds is 5. The van der Waals surface area contributed by atoms with Crippen molar-refractivity contribution in [3.63, 3.8) is 0 Å². The molecule has 0 aliphatic heterocycles. The molecule has 0 fully saturated rings. The molecule has 2 rings (SSSR count). The maximum absolute atomic E-state index is 6.06. The first kappa shape index (κ1) is 13.9. The SMILES string of the molecule is CNCc1cc(Cl)ccc1N(C)Cc1nccn1C. The van der Waals surface area contributed by atoms with E-state index in [0.29, 0.717) is 0 Å². The zero-order valence-electron chi connectivity index (χ0n) is 11.5. The highest BCUT2D eigenvalue weighted by Gasteiger charge is 2.10. The van der Waals surface area contributed by atoms with E-state index in [1.165, 1.54) is 11.3 Å². The average molecular weight is 279 g/mol. The molecule has 0 bridgehead atoms. The van der Waals surface area contributed by atoms with Crippen LogP contribution in [0.2, 0.25) is 5.02 Å². The molecule has 0 amide bonds. The Hall–Kier alpha value is -1.52. The Kier molecular flexibility index (Phi) is 4.45. The van der Waals surface area contributed by atoms with E-state index in [0.717, 1.165) is 23.9 Å². The third kappa shape index (κ3) is 3.28. The zero-order chi connectivity index (χ0) is 13.8. The number of aromatic nitrogens is 2. The molecule has 0 spiro atoms. The van der Waals surface area contributed by atoms with Crippen molar-refractivity contribution in [3.8, 4) is 0 Å². The Morgan fingerprint density at radius 2 is 2.21 bits per heavy atom. The van der Waals surface area contributed by atoms with Gasteiger partial charge in [-0.3, -0.25) is 0 Å². The van der Waals surface area contributed by atoms with Gasteiger partial charge in [-0.05, 0) is 30.8 Å². The number of nitrogens with zero attached hydrogens (tertiary/aromatic N) is 3. The summed E-state index contributed by atoms with van der Waals surface area (Å²) in [5.74, 6) is 1.04. The highest BCUT2D eigenvalue weighted by molar-refractivity contribution is 6.30. The minimum atomic E-state index is 0.763. The lowest BCUT2D eigenvalue weighted by atomic mass is 10.1. The lowest BCUT2D eigenvalue weighted by molar-refractivity contribution is 0.752. The van der Waals surface area contributed by atoms with Gasteiger partial charge in [-0.25, -0.2) is 4.98 Å². The number of hydrogen-bond acceptors (Lipinski definition) is 3. The zero-order valence-corrected chi connectivity index (χ0v) is 12.3. The molecule has 0 unspecified atom stereocenters. The standard InChI is InChI=1S/C14H19ClN4/c1-16-9-11-8-12(15)4-5-13(11)19(3)10-14-17-6-7-18(14)2/h4-8,16H,9-10H2,1-3H3. The molecule has 1 heterocycles. The second-order valence-electron chi connectivity index (χ2n) is 4.61. The van der Waals surface area contributed by atoms with Crippen LogP contribution in [-0.2, 0) is 20.1 Å². The molecule has 102 valence electrons. The Morgan fingerprint density at radius 1 is 1.42 bits per heavy atom. The molecule has 1 aromatic heterocycles. The predicted molar refractivity (Wildman–Crippen MR) is 79.5 cm³/mol. The average Bonchev–Trinajstić information content (AvgIpc) is 2.75. The van der Waals surface area contributed by atoms with Gasteiger partial charge in [0.15, 0.2) is 0 Å². The fourth-order valence-corrected chi connectivity index (χ4v) is 2.30. The first-order chi connectivity index (χ1) is 9.11. The molecule has 5 heteroatoms. The lowest BCUT2D eigenvalue weighted by Gasteiger charge is -2.22. The van der Waals surface area contributed by atoms with E-state index in [-0.39, 0.29) is 0 Å². The summed E-state index contributed by atoms with van der Waals surface area (Å²) >= 11 is 6.06. The third-order valence-electron chi connectivity index (χ3n) is 3.12. The number of imidazole rings is 1. The second kappa shape index (κ2) is 6.08. The van der Waals surface area contributed by atoms with E-state index >= 15 is 0 Å². The molecule has 1 aromatic carbocycles. The second-order valence-corrected chi connectivity index (χ2v) is 5.05. The van der Waals surface area contributed by atoms with Crippen LogP contribution < -0.4 is 10.2 Å². The molecule has 19 heavy (non-hydrogen) atoms. The van der Waals surface area contributed by atoms with Gasteiger partial charge in [-0.1, -0.05) is 11.6 Å². The smallest absolute Gasteiger partial charge is 0.127 e. The van der Waals surface area contributed by atoms with Crippen LogP contribution in [0, 0.1) is 0 Å². The highest BCUT2D eigenvalue weighted by Crippen LogP contribution is 2.24. The summed E-state index contributed by atoms with van der Waals surface area (Å²) in [5.41, 5.74) is 2.36. The quantitative estimate of drug-likeness (QED) is 0.912. The third-order valence-corrected chi connectivity index (χ3v) is 3.35. The molecule has 0 saturated heterocycles. The van der Waals surface area contributed by atoms with Crippen LogP contribution in [0.3, 0.4) is 0 Å². The summed E-state index contributed by atoms with van der Waals surface area (Å²) in [7, 11) is 6.01. The van der Waals surface area contributed by atoms with Gasteiger partial charge in [0.2, 0.25) is 0 Å². The van der Waals surface area contributed by atoms with Gasteiger partial charge in [-0.2, -0.15) is 0 Å². The number of nitrogens with one attached hydrogen (secondary N) is 1.